The van der Waals surface area contributed by atoms with Gasteiger partial charge in [0.25, 0.3) is 0 Å². The molecule has 0 saturated carbocycles. The van der Waals surface area contributed by atoms with E-state index in [1.165, 1.54) is 0 Å². The van der Waals surface area contributed by atoms with Crippen molar-refractivity contribution in [3.63, 3.8) is 0 Å². The number of carbonyl (C=O) groups is 3. The van der Waals surface area contributed by atoms with Gasteiger partial charge in [0.15, 0.2) is 0 Å². The number of aliphatic carboxylic acids is 2. The maximum atomic E-state index is 10.7. The average molecular weight is 248 g/mol. The summed E-state index contributed by atoms with van der Waals surface area (Å²) in [7, 11) is 0. The first-order valence-corrected chi connectivity index (χ1v) is 3.67. The van der Waals surface area contributed by atoms with E-state index >= 15 is 0 Å². The molecule has 0 aromatic heterocycles. The molecule has 0 radical (unpaired) electrons. The van der Waals surface area contributed by atoms with E-state index in [0.717, 1.165) is 6.92 Å². The summed E-state index contributed by atoms with van der Waals surface area (Å²) in [6.07, 6.45) is -4.09. The number of carboxylic acid groups (broad SMARTS) is 2. The molecular formula is C7H12CaO7. The van der Waals surface area contributed by atoms with Crippen LogP contribution in [0.25, 0.3) is 0 Å². The van der Waals surface area contributed by atoms with Crippen LogP contribution in [0.2, 0.25) is 0 Å². The van der Waals surface area contributed by atoms with Gasteiger partial charge in [-0.1, -0.05) is 0 Å². The van der Waals surface area contributed by atoms with Crippen molar-refractivity contribution in [2.45, 2.75) is 25.6 Å². The summed E-state index contributed by atoms with van der Waals surface area (Å²) in [6, 6.07) is 0. The molecule has 2 unspecified atom stereocenters. The molecule has 3 N–H and O–H groups in total. The molecule has 0 spiro atoms. The number of aliphatic hydroxyl groups is 1. The van der Waals surface area contributed by atoms with Crippen molar-refractivity contribution >= 4 is 55.6 Å². The molecule has 0 aromatic rings. The summed E-state index contributed by atoms with van der Waals surface area (Å²) in [6.45, 7) is 1.09. The van der Waals surface area contributed by atoms with Gasteiger partial charge in [0, 0.05) is 0 Å². The minimum absolute atomic E-state index is 0. The van der Waals surface area contributed by atoms with E-state index < -0.39 is 36.5 Å². The second-order valence-corrected chi connectivity index (χ2v) is 2.54. The number of rotatable bonds is 5. The Bertz CT molecular complexity index is 250. The summed E-state index contributed by atoms with van der Waals surface area (Å²) in [5.74, 6) is -4.14. The molecule has 0 bridgehead atoms. The molecule has 2 atom stereocenters. The van der Waals surface area contributed by atoms with Gasteiger partial charge in [-0.2, -0.15) is 0 Å². The van der Waals surface area contributed by atoms with Crippen LogP contribution < -0.4 is 0 Å². The summed E-state index contributed by atoms with van der Waals surface area (Å²) in [5.41, 5.74) is 0. The van der Waals surface area contributed by atoms with Crippen LogP contribution in [0.1, 0.15) is 13.3 Å². The zero-order valence-electron chi connectivity index (χ0n) is 7.34. The standard InChI is InChI=1S/C7H10O7.Ca.2H/c1-3(8)7(13)14-4(6(11)12)2-5(9)10;;;/h3-4,8H,2H2,1H3,(H,9,10)(H,11,12);;;. The summed E-state index contributed by atoms with van der Waals surface area (Å²) in [5, 5.41) is 25.4. The van der Waals surface area contributed by atoms with Gasteiger partial charge in [0.05, 0.1) is 6.42 Å². The molecule has 8 heteroatoms. The van der Waals surface area contributed by atoms with Gasteiger partial charge in [0.1, 0.15) is 6.10 Å². The quantitative estimate of drug-likeness (QED) is 0.377. The SMILES string of the molecule is CC(O)C(=O)OC(CC(=O)O)C(=O)O.[CaH2]. The van der Waals surface area contributed by atoms with Crippen molar-refractivity contribution in [1.29, 1.82) is 0 Å². The van der Waals surface area contributed by atoms with Gasteiger partial charge in [-0.05, 0) is 6.92 Å². The molecule has 0 heterocycles. The zero-order valence-corrected chi connectivity index (χ0v) is 7.34. The predicted molar refractivity (Wildman–Crippen MR) is 50.0 cm³/mol. The number of esters is 1. The van der Waals surface area contributed by atoms with Gasteiger partial charge >= 0.3 is 55.6 Å². The summed E-state index contributed by atoms with van der Waals surface area (Å²) >= 11 is 0. The van der Waals surface area contributed by atoms with E-state index in [2.05, 4.69) is 4.74 Å². The minimum atomic E-state index is -1.77. The fraction of sp³-hybridized carbons (Fsp3) is 0.571. The van der Waals surface area contributed by atoms with Gasteiger partial charge in [-0.25, -0.2) is 9.59 Å². The Morgan fingerprint density at radius 1 is 1.27 bits per heavy atom. The third kappa shape index (κ3) is 7.55. The fourth-order valence-electron chi connectivity index (χ4n) is 0.577. The van der Waals surface area contributed by atoms with Crippen LogP contribution in [0, 0.1) is 0 Å². The van der Waals surface area contributed by atoms with Crippen molar-refractivity contribution in [2.24, 2.45) is 0 Å². The number of hydrogen-bond donors (Lipinski definition) is 3. The van der Waals surface area contributed by atoms with Crippen LogP contribution >= 0.6 is 0 Å². The van der Waals surface area contributed by atoms with Crippen molar-refractivity contribution in [3.8, 4) is 0 Å². The molecule has 15 heavy (non-hydrogen) atoms. The number of aliphatic hydroxyl groups excluding tert-OH is 1. The van der Waals surface area contributed by atoms with E-state index in [4.69, 9.17) is 15.3 Å². The van der Waals surface area contributed by atoms with E-state index in [1.807, 2.05) is 0 Å². The van der Waals surface area contributed by atoms with E-state index in [9.17, 15) is 14.4 Å². The maximum absolute atomic E-state index is 10.7. The molecule has 7 nitrogen and oxygen atoms in total. The average Bonchev–Trinajstić information content (AvgIpc) is 2.01. The van der Waals surface area contributed by atoms with Gasteiger partial charge in [-0.3, -0.25) is 4.79 Å². The Kier molecular flexibility index (Phi) is 8.93. The molecule has 0 aromatic carbocycles. The Morgan fingerprint density at radius 3 is 2.00 bits per heavy atom. The monoisotopic (exact) mass is 248 g/mol. The van der Waals surface area contributed by atoms with Crippen LogP contribution in [0.4, 0.5) is 0 Å². The van der Waals surface area contributed by atoms with E-state index in [0.29, 0.717) is 0 Å². The second-order valence-electron chi connectivity index (χ2n) is 2.54. The molecule has 84 valence electrons. The van der Waals surface area contributed by atoms with Crippen LogP contribution in [0.3, 0.4) is 0 Å². The van der Waals surface area contributed by atoms with Gasteiger partial charge < -0.3 is 20.1 Å². The summed E-state index contributed by atoms with van der Waals surface area (Å²) in [4.78, 5) is 31.2. The molecular weight excluding hydrogens is 236 g/mol. The van der Waals surface area contributed by atoms with Crippen molar-refractivity contribution < 1.29 is 34.4 Å². The van der Waals surface area contributed by atoms with Crippen LogP contribution in [-0.4, -0.2) is 83.2 Å². The molecule has 0 amide bonds. The molecule has 0 aliphatic heterocycles. The van der Waals surface area contributed by atoms with Crippen LogP contribution in [0.15, 0.2) is 0 Å². The van der Waals surface area contributed by atoms with Crippen LogP contribution in [0.5, 0.6) is 0 Å². The Morgan fingerprint density at radius 2 is 1.73 bits per heavy atom. The second kappa shape index (κ2) is 7.86. The van der Waals surface area contributed by atoms with Gasteiger partial charge in [0.2, 0.25) is 6.10 Å². The number of ether oxygens (including phenoxy) is 1. The van der Waals surface area contributed by atoms with Crippen molar-refractivity contribution in [2.75, 3.05) is 0 Å². The van der Waals surface area contributed by atoms with Crippen LogP contribution in [-0.2, 0) is 19.1 Å². The topological polar surface area (TPSA) is 121 Å². The third-order valence-corrected chi connectivity index (χ3v) is 1.23. The normalized spacial score (nSPS) is 13.2. The Balaban J connectivity index is 0. The number of carbonyl (C=O) groups excluding carboxylic acids is 1. The van der Waals surface area contributed by atoms with Crippen molar-refractivity contribution in [3.05, 3.63) is 0 Å². The van der Waals surface area contributed by atoms with Gasteiger partial charge in [-0.15, -0.1) is 0 Å². The first-order chi connectivity index (χ1) is 6.34. The van der Waals surface area contributed by atoms with Crippen molar-refractivity contribution in [1.82, 2.24) is 0 Å². The Hall–Kier alpha value is -0.370. The van der Waals surface area contributed by atoms with E-state index in [1.54, 1.807) is 0 Å². The summed E-state index contributed by atoms with van der Waals surface area (Å²) < 4.78 is 4.21. The molecule has 0 aliphatic rings. The third-order valence-electron chi connectivity index (χ3n) is 1.23. The zero-order chi connectivity index (χ0) is 11.3. The van der Waals surface area contributed by atoms with E-state index in [-0.39, 0.29) is 37.7 Å². The molecule has 0 fully saturated rings. The Labute approximate surface area is 115 Å². The molecule has 0 aliphatic carbocycles. The number of carboxylic acids is 2. The molecule has 0 rings (SSSR count). The predicted octanol–water partition coefficient (Wildman–Crippen LogP) is -2.08. The molecule has 0 saturated heterocycles. The first kappa shape index (κ1) is 17.0. The first-order valence-electron chi connectivity index (χ1n) is 3.67. The number of hydrogen-bond acceptors (Lipinski definition) is 5. The fourth-order valence-corrected chi connectivity index (χ4v) is 0.577.